The Morgan fingerprint density at radius 1 is 1.33 bits per heavy atom. The zero-order valence-electron chi connectivity index (χ0n) is 10.4. The molecule has 0 unspecified atom stereocenters. The molecule has 18 heavy (non-hydrogen) atoms. The smallest absolute Gasteiger partial charge is 0.251 e. The Morgan fingerprint density at radius 2 is 2.17 bits per heavy atom. The normalized spacial score (nSPS) is 18.8. The van der Waals surface area contributed by atoms with Crippen molar-refractivity contribution < 1.29 is 9.59 Å². The van der Waals surface area contributed by atoms with Crippen LogP contribution >= 0.6 is 0 Å². The second-order valence-corrected chi connectivity index (χ2v) is 5.30. The van der Waals surface area contributed by atoms with Crippen LogP contribution in [0.1, 0.15) is 52.0 Å². The third kappa shape index (κ3) is 2.30. The van der Waals surface area contributed by atoms with Gasteiger partial charge in [0.25, 0.3) is 5.91 Å². The van der Waals surface area contributed by atoms with Crippen LogP contribution in [-0.4, -0.2) is 18.2 Å². The summed E-state index contributed by atoms with van der Waals surface area (Å²) in [5.41, 5.74) is 2.44. The Hall–Kier alpha value is -1.64. The standard InChI is InChI=1S/C15H17NO2/c17-14(8-10-3-4-10)12-6-5-11-2-1-7-16-15(18)13(11)9-12/h5-6,9-10H,1-4,7-8H2,(H,16,18). The minimum absolute atomic E-state index is 0.0384. The highest BCUT2D eigenvalue weighted by Gasteiger charge is 2.25. The Morgan fingerprint density at radius 3 is 2.94 bits per heavy atom. The van der Waals surface area contributed by atoms with Crippen molar-refractivity contribution in [3.05, 3.63) is 34.9 Å². The number of hydrogen-bond acceptors (Lipinski definition) is 2. The summed E-state index contributed by atoms with van der Waals surface area (Å²) in [6.45, 7) is 0.721. The summed E-state index contributed by atoms with van der Waals surface area (Å²) < 4.78 is 0. The molecule has 3 nitrogen and oxygen atoms in total. The van der Waals surface area contributed by atoms with Gasteiger partial charge in [-0.05, 0) is 43.2 Å². The van der Waals surface area contributed by atoms with E-state index in [1.807, 2.05) is 12.1 Å². The molecular weight excluding hydrogens is 226 g/mol. The van der Waals surface area contributed by atoms with E-state index in [4.69, 9.17) is 0 Å². The average molecular weight is 243 g/mol. The molecule has 0 bridgehead atoms. The number of aryl methyl sites for hydroxylation is 1. The molecule has 0 atom stereocenters. The molecular formula is C15H17NO2. The fourth-order valence-electron chi connectivity index (χ4n) is 2.46. The molecule has 1 aromatic carbocycles. The van der Waals surface area contributed by atoms with E-state index in [-0.39, 0.29) is 11.7 Å². The Labute approximate surface area is 107 Å². The first-order valence-electron chi connectivity index (χ1n) is 6.68. The summed E-state index contributed by atoms with van der Waals surface area (Å²) in [6.07, 6.45) is 4.87. The lowest BCUT2D eigenvalue weighted by atomic mass is 9.97. The van der Waals surface area contributed by atoms with Crippen LogP contribution in [0.3, 0.4) is 0 Å². The average Bonchev–Trinajstić information content (AvgIpc) is 3.18. The van der Waals surface area contributed by atoms with Gasteiger partial charge >= 0.3 is 0 Å². The highest BCUT2D eigenvalue weighted by molar-refractivity contribution is 6.01. The fourth-order valence-corrected chi connectivity index (χ4v) is 2.46. The molecule has 1 amide bonds. The van der Waals surface area contributed by atoms with E-state index < -0.39 is 0 Å². The van der Waals surface area contributed by atoms with Gasteiger partial charge in [0.1, 0.15) is 0 Å². The molecule has 0 radical (unpaired) electrons. The first kappa shape index (κ1) is 11.5. The van der Waals surface area contributed by atoms with Gasteiger partial charge in [0.05, 0.1) is 0 Å². The minimum Gasteiger partial charge on any atom is -0.352 e. The first-order valence-corrected chi connectivity index (χ1v) is 6.68. The van der Waals surface area contributed by atoms with E-state index in [1.165, 1.54) is 12.8 Å². The summed E-state index contributed by atoms with van der Waals surface area (Å²) in [7, 11) is 0. The summed E-state index contributed by atoms with van der Waals surface area (Å²) >= 11 is 0. The molecule has 1 heterocycles. The van der Waals surface area contributed by atoms with Crippen LogP contribution in [0.25, 0.3) is 0 Å². The van der Waals surface area contributed by atoms with Gasteiger partial charge in [-0.25, -0.2) is 0 Å². The van der Waals surface area contributed by atoms with E-state index in [0.717, 1.165) is 24.9 Å². The van der Waals surface area contributed by atoms with Gasteiger partial charge in [-0.2, -0.15) is 0 Å². The first-order chi connectivity index (χ1) is 8.74. The van der Waals surface area contributed by atoms with Crippen molar-refractivity contribution in [3.63, 3.8) is 0 Å². The Kier molecular flexibility index (Phi) is 2.90. The van der Waals surface area contributed by atoms with Crippen molar-refractivity contribution in [2.75, 3.05) is 6.54 Å². The molecule has 2 aliphatic rings. The van der Waals surface area contributed by atoms with Crippen molar-refractivity contribution in [1.29, 1.82) is 0 Å². The van der Waals surface area contributed by atoms with Crippen molar-refractivity contribution in [1.82, 2.24) is 5.32 Å². The van der Waals surface area contributed by atoms with E-state index in [9.17, 15) is 9.59 Å². The molecule has 1 aliphatic heterocycles. The topological polar surface area (TPSA) is 46.2 Å². The number of fused-ring (bicyclic) bond motifs is 1. The number of benzene rings is 1. The number of carbonyl (C=O) groups is 2. The predicted octanol–water partition coefficient (Wildman–Crippen LogP) is 2.35. The van der Waals surface area contributed by atoms with Crippen LogP contribution < -0.4 is 5.32 Å². The molecule has 0 spiro atoms. The molecule has 1 aromatic rings. The highest BCUT2D eigenvalue weighted by atomic mass is 16.1. The number of hydrogen-bond donors (Lipinski definition) is 1. The summed E-state index contributed by atoms with van der Waals surface area (Å²) in [6, 6.07) is 5.60. The maximum Gasteiger partial charge on any atom is 0.251 e. The fraction of sp³-hybridized carbons (Fsp3) is 0.467. The van der Waals surface area contributed by atoms with Crippen molar-refractivity contribution in [2.24, 2.45) is 5.92 Å². The van der Waals surface area contributed by atoms with Crippen molar-refractivity contribution >= 4 is 11.7 Å². The van der Waals surface area contributed by atoms with Crippen LogP contribution in [0.4, 0.5) is 0 Å². The minimum atomic E-state index is -0.0384. The van der Waals surface area contributed by atoms with Crippen LogP contribution in [0.15, 0.2) is 18.2 Å². The van der Waals surface area contributed by atoms with Gasteiger partial charge in [-0.15, -0.1) is 0 Å². The van der Waals surface area contributed by atoms with Gasteiger partial charge in [-0.1, -0.05) is 12.1 Å². The number of carbonyl (C=O) groups excluding carboxylic acids is 2. The molecule has 0 aromatic heterocycles. The second-order valence-electron chi connectivity index (χ2n) is 5.30. The van der Waals surface area contributed by atoms with Gasteiger partial charge < -0.3 is 5.32 Å². The number of Topliss-reactive ketones (excluding diaryl/α,β-unsaturated/α-hetero) is 1. The van der Waals surface area contributed by atoms with Gasteiger partial charge in [0, 0.05) is 24.1 Å². The third-order valence-electron chi connectivity index (χ3n) is 3.76. The lowest BCUT2D eigenvalue weighted by molar-refractivity contribution is 0.0956. The summed E-state index contributed by atoms with van der Waals surface area (Å²) in [5, 5.41) is 2.87. The highest BCUT2D eigenvalue weighted by Crippen LogP contribution is 2.33. The molecule has 94 valence electrons. The largest absolute Gasteiger partial charge is 0.352 e. The monoisotopic (exact) mass is 243 g/mol. The molecule has 3 heteroatoms. The lowest BCUT2D eigenvalue weighted by Crippen LogP contribution is -2.22. The molecule has 3 rings (SSSR count). The number of nitrogens with one attached hydrogen (secondary N) is 1. The molecule has 0 saturated heterocycles. The number of ketones is 1. The maximum absolute atomic E-state index is 12.0. The zero-order chi connectivity index (χ0) is 12.5. The van der Waals surface area contributed by atoms with E-state index >= 15 is 0 Å². The van der Waals surface area contributed by atoms with Crippen molar-refractivity contribution in [2.45, 2.75) is 32.1 Å². The molecule has 1 N–H and O–H groups in total. The quantitative estimate of drug-likeness (QED) is 0.828. The number of amides is 1. The predicted molar refractivity (Wildman–Crippen MR) is 68.8 cm³/mol. The van der Waals surface area contributed by atoms with Crippen LogP contribution in [0.2, 0.25) is 0 Å². The number of rotatable bonds is 3. The zero-order valence-corrected chi connectivity index (χ0v) is 10.4. The Balaban J connectivity index is 1.88. The van der Waals surface area contributed by atoms with E-state index in [2.05, 4.69) is 5.32 Å². The SMILES string of the molecule is O=C(CC1CC1)c1ccc2c(c1)C(=O)NCCC2. The third-order valence-corrected chi connectivity index (χ3v) is 3.76. The molecule has 1 fully saturated rings. The van der Waals surface area contributed by atoms with E-state index in [0.29, 0.717) is 23.5 Å². The summed E-state index contributed by atoms with van der Waals surface area (Å²) in [4.78, 5) is 23.9. The van der Waals surface area contributed by atoms with Crippen LogP contribution in [0, 0.1) is 5.92 Å². The lowest BCUT2D eigenvalue weighted by Gasteiger charge is -2.07. The maximum atomic E-state index is 12.0. The molecule has 1 aliphatic carbocycles. The van der Waals surface area contributed by atoms with Crippen LogP contribution in [-0.2, 0) is 6.42 Å². The van der Waals surface area contributed by atoms with Crippen LogP contribution in [0.5, 0.6) is 0 Å². The molecule has 1 saturated carbocycles. The van der Waals surface area contributed by atoms with E-state index in [1.54, 1.807) is 6.07 Å². The van der Waals surface area contributed by atoms with Gasteiger partial charge in [0.15, 0.2) is 5.78 Å². The van der Waals surface area contributed by atoms with Crippen molar-refractivity contribution in [3.8, 4) is 0 Å². The van der Waals surface area contributed by atoms with Gasteiger partial charge in [0.2, 0.25) is 0 Å². The second kappa shape index (κ2) is 4.56. The van der Waals surface area contributed by atoms with Gasteiger partial charge in [-0.3, -0.25) is 9.59 Å². The Bertz CT molecular complexity index is 503. The summed E-state index contributed by atoms with van der Waals surface area (Å²) in [5.74, 6) is 0.728.